The highest BCUT2D eigenvalue weighted by molar-refractivity contribution is 5.96. The Balaban J connectivity index is 1.49. The third kappa shape index (κ3) is 3.45. The summed E-state index contributed by atoms with van der Waals surface area (Å²) in [6.07, 6.45) is -2.81. The molecule has 1 aliphatic heterocycles. The van der Waals surface area contributed by atoms with Crippen molar-refractivity contribution < 1.29 is 26.9 Å². The molecule has 6 nitrogen and oxygen atoms in total. The molecule has 0 aliphatic carbocycles. The summed E-state index contributed by atoms with van der Waals surface area (Å²) in [7, 11) is 0. The first-order valence-corrected chi connectivity index (χ1v) is 8.25. The van der Waals surface area contributed by atoms with Gasteiger partial charge in [0.25, 0.3) is 5.91 Å². The average Bonchev–Trinajstić information content (AvgIpc) is 3.16. The van der Waals surface area contributed by atoms with Crippen molar-refractivity contribution in [1.82, 2.24) is 20.0 Å². The van der Waals surface area contributed by atoms with E-state index in [-0.39, 0.29) is 23.8 Å². The lowest BCUT2D eigenvalue weighted by Crippen LogP contribution is -2.37. The van der Waals surface area contributed by atoms with Gasteiger partial charge in [-0.1, -0.05) is 11.2 Å². The summed E-state index contributed by atoms with van der Waals surface area (Å²) in [5.74, 6) is -2.43. The zero-order valence-corrected chi connectivity index (χ0v) is 14.2. The van der Waals surface area contributed by atoms with Gasteiger partial charge >= 0.3 is 12.1 Å². The second kappa shape index (κ2) is 6.70. The Kier molecular flexibility index (Phi) is 4.33. The van der Waals surface area contributed by atoms with E-state index >= 15 is 0 Å². The normalized spacial score (nSPS) is 14.3. The number of rotatable bonds is 3. The predicted molar refractivity (Wildman–Crippen MR) is 87.4 cm³/mol. The van der Waals surface area contributed by atoms with Crippen LogP contribution in [0.2, 0.25) is 0 Å². The van der Waals surface area contributed by atoms with Gasteiger partial charge in [-0.25, -0.2) is 4.39 Å². The quantitative estimate of drug-likeness (QED) is 0.638. The van der Waals surface area contributed by atoms with Gasteiger partial charge in [0.15, 0.2) is 0 Å². The molecule has 0 N–H and O–H groups in total. The molecular weight excluding hydrogens is 380 g/mol. The minimum Gasteiger partial charge on any atom is -0.332 e. The summed E-state index contributed by atoms with van der Waals surface area (Å²) in [6, 6.07) is 7.20. The van der Waals surface area contributed by atoms with E-state index in [0.717, 1.165) is 5.56 Å². The van der Waals surface area contributed by atoms with E-state index in [0.29, 0.717) is 24.2 Å². The highest BCUT2D eigenvalue weighted by atomic mass is 19.4. The number of amides is 1. The third-order valence-corrected chi connectivity index (χ3v) is 4.34. The highest BCUT2D eigenvalue weighted by Gasteiger charge is 2.38. The molecule has 1 amide bonds. The maximum atomic E-state index is 13.4. The minimum absolute atomic E-state index is 0.190. The fraction of sp³-hybridized carbons (Fsp3) is 0.222. The standard InChI is InChI=1S/C18H12F4N4O2/c19-12-3-1-10-5-6-26(16(27)14(10)7-12)9-13-4-2-11(8-23-13)15-24-17(28-25-15)18(20,21)22/h1-4,7-8H,5-6,9H2. The Morgan fingerprint density at radius 3 is 2.68 bits per heavy atom. The number of halogens is 4. The molecule has 1 aliphatic rings. The van der Waals surface area contributed by atoms with Gasteiger partial charge in [-0.2, -0.15) is 18.2 Å². The van der Waals surface area contributed by atoms with Gasteiger partial charge in [0.2, 0.25) is 5.82 Å². The van der Waals surface area contributed by atoms with Gasteiger partial charge in [0.1, 0.15) is 5.82 Å². The van der Waals surface area contributed by atoms with Crippen molar-refractivity contribution in [3.05, 3.63) is 65.1 Å². The molecule has 0 saturated carbocycles. The number of hydrogen-bond donors (Lipinski definition) is 0. The molecule has 3 heterocycles. The van der Waals surface area contributed by atoms with Crippen molar-refractivity contribution >= 4 is 5.91 Å². The first-order chi connectivity index (χ1) is 13.3. The molecule has 144 valence electrons. The number of alkyl halides is 3. The van der Waals surface area contributed by atoms with Crippen LogP contribution in [0.3, 0.4) is 0 Å². The average molecular weight is 392 g/mol. The number of fused-ring (bicyclic) bond motifs is 1. The molecule has 0 atom stereocenters. The zero-order chi connectivity index (χ0) is 19.9. The fourth-order valence-corrected chi connectivity index (χ4v) is 2.95. The molecule has 0 spiro atoms. The van der Waals surface area contributed by atoms with Crippen LogP contribution in [0.1, 0.15) is 27.5 Å². The summed E-state index contributed by atoms with van der Waals surface area (Å²) in [5, 5.41) is 3.30. The number of carbonyl (C=O) groups excluding carboxylic acids is 1. The van der Waals surface area contributed by atoms with E-state index in [9.17, 15) is 22.4 Å². The summed E-state index contributed by atoms with van der Waals surface area (Å²) < 4.78 is 55.2. The van der Waals surface area contributed by atoms with Crippen molar-refractivity contribution in [1.29, 1.82) is 0 Å². The van der Waals surface area contributed by atoms with Crippen LogP contribution in [0, 0.1) is 5.82 Å². The van der Waals surface area contributed by atoms with E-state index < -0.39 is 17.9 Å². The lowest BCUT2D eigenvalue weighted by atomic mass is 9.99. The van der Waals surface area contributed by atoms with Crippen LogP contribution in [-0.4, -0.2) is 32.5 Å². The van der Waals surface area contributed by atoms with Crippen molar-refractivity contribution in [2.75, 3.05) is 6.54 Å². The molecule has 4 rings (SSSR count). The third-order valence-electron chi connectivity index (χ3n) is 4.34. The first-order valence-electron chi connectivity index (χ1n) is 8.25. The number of pyridine rings is 1. The molecular formula is C18H12F4N4O2. The Bertz CT molecular complexity index is 1030. The van der Waals surface area contributed by atoms with Gasteiger partial charge in [-0.3, -0.25) is 9.78 Å². The van der Waals surface area contributed by atoms with Gasteiger partial charge in [-0.05, 0) is 36.2 Å². The molecule has 0 fully saturated rings. The van der Waals surface area contributed by atoms with Crippen LogP contribution in [0.4, 0.5) is 17.6 Å². The highest BCUT2D eigenvalue weighted by Crippen LogP contribution is 2.29. The Morgan fingerprint density at radius 2 is 2.00 bits per heavy atom. The van der Waals surface area contributed by atoms with E-state index in [4.69, 9.17) is 0 Å². The van der Waals surface area contributed by atoms with Crippen LogP contribution in [-0.2, 0) is 19.1 Å². The molecule has 10 heteroatoms. The lowest BCUT2D eigenvalue weighted by Gasteiger charge is -2.28. The van der Waals surface area contributed by atoms with E-state index in [2.05, 4.69) is 19.6 Å². The Hall–Kier alpha value is -3.30. The second-order valence-corrected chi connectivity index (χ2v) is 6.24. The van der Waals surface area contributed by atoms with Crippen LogP contribution in [0.5, 0.6) is 0 Å². The molecule has 0 saturated heterocycles. The smallest absolute Gasteiger partial charge is 0.332 e. The van der Waals surface area contributed by atoms with Crippen molar-refractivity contribution in [3.63, 3.8) is 0 Å². The van der Waals surface area contributed by atoms with Crippen LogP contribution >= 0.6 is 0 Å². The number of carbonyl (C=O) groups is 1. The van der Waals surface area contributed by atoms with Gasteiger partial charge < -0.3 is 9.42 Å². The molecule has 28 heavy (non-hydrogen) atoms. The maximum Gasteiger partial charge on any atom is 0.471 e. The van der Waals surface area contributed by atoms with E-state index in [1.807, 2.05) is 0 Å². The van der Waals surface area contributed by atoms with Gasteiger partial charge in [0.05, 0.1) is 12.2 Å². The van der Waals surface area contributed by atoms with Crippen molar-refractivity contribution in [2.45, 2.75) is 19.1 Å². The van der Waals surface area contributed by atoms with E-state index in [1.54, 1.807) is 17.0 Å². The monoisotopic (exact) mass is 392 g/mol. The minimum atomic E-state index is -4.72. The summed E-state index contributed by atoms with van der Waals surface area (Å²) in [6.45, 7) is 0.649. The first kappa shape index (κ1) is 18.1. The van der Waals surface area contributed by atoms with E-state index in [1.165, 1.54) is 24.4 Å². The van der Waals surface area contributed by atoms with Crippen molar-refractivity contribution in [2.24, 2.45) is 0 Å². The Labute approximate surface area is 155 Å². The molecule has 0 unspecified atom stereocenters. The summed E-state index contributed by atoms with van der Waals surface area (Å²) in [5.41, 5.74) is 1.90. The molecule has 0 bridgehead atoms. The van der Waals surface area contributed by atoms with Crippen LogP contribution in [0.15, 0.2) is 41.1 Å². The number of benzene rings is 1. The van der Waals surface area contributed by atoms with Crippen LogP contribution in [0.25, 0.3) is 11.4 Å². The second-order valence-electron chi connectivity index (χ2n) is 6.24. The zero-order valence-electron chi connectivity index (χ0n) is 14.2. The SMILES string of the molecule is O=C1c2cc(F)ccc2CCN1Cc1ccc(-c2noc(C(F)(F)F)n2)cn1. The molecule has 0 radical (unpaired) electrons. The van der Waals surface area contributed by atoms with Crippen molar-refractivity contribution in [3.8, 4) is 11.4 Å². The Morgan fingerprint density at radius 1 is 1.18 bits per heavy atom. The molecule has 3 aromatic rings. The number of aromatic nitrogens is 3. The fourth-order valence-electron chi connectivity index (χ4n) is 2.95. The molecule has 1 aromatic carbocycles. The summed E-state index contributed by atoms with van der Waals surface area (Å²) >= 11 is 0. The summed E-state index contributed by atoms with van der Waals surface area (Å²) in [4.78, 5) is 21.5. The molecule has 2 aromatic heterocycles. The maximum absolute atomic E-state index is 13.4. The number of hydrogen-bond acceptors (Lipinski definition) is 5. The van der Waals surface area contributed by atoms with Gasteiger partial charge in [0, 0.05) is 23.9 Å². The van der Waals surface area contributed by atoms with Gasteiger partial charge in [-0.15, -0.1) is 0 Å². The largest absolute Gasteiger partial charge is 0.471 e. The topological polar surface area (TPSA) is 72.1 Å². The number of nitrogens with zero attached hydrogens (tertiary/aromatic N) is 4. The predicted octanol–water partition coefficient (Wildman–Crippen LogP) is 3.49. The van der Waals surface area contributed by atoms with Crippen LogP contribution < -0.4 is 0 Å². The lowest BCUT2D eigenvalue weighted by molar-refractivity contribution is -0.159.